The van der Waals surface area contributed by atoms with Crippen molar-refractivity contribution in [3.8, 4) is 5.75 Å². The average Bonchev–Trinajstić information content (AvgIpc) is 3.05. The van der Waals surface area contributed by atoms with Crippen LogP contribution in [-0.4, -0.2) is 52.0 Å². The smallest absolute Gasteiger partial charge is 0.272 e. The number of carbonyl (C=O) groups is 1. The van der Waals surface area contributed by atoms with Crippen LogP contribution in [0.4, 0.5) is 0 Å². The Hall–Kier alpha value is -2.44. The Bertz CT molecular complexity index is 911. The van der Waals surface area contributed by atoms with Gasteiger partial charge in [0.05, 0.1) is 0 Å². The van der Waals surface area contributed by atoms with Crippen LogP contribution in [0.25, 0.3) is 10.9 Å². The molecule has 0 unspecified atom stereocenters. The highest BCUT2D eigenvalue weighted by Crippen LogP contribution is 2.23. The fourth-order valence-electron chi connectivity index (χ4n) is 3.39. The van der Waals surface area contributed by atoms with Crippen molar-refractivity contribution in [1.29, 1.82) is 0 Å². The van der Waals surface area contributed by atoms with E-state index >= 15 is 0 Å². The first-order valence-corrected chi connectivity index (χ1v) is 9.76. The maximum atomic E-state index is 12.9. The molecular weight excluding hydrogens is 346 g/mol. The predicted octanol–water partition coefficient (Wildman–Crippen LogP) is 3.35. The lowest BCUT2D eigenvalue weighted by molar-refractivity contribution is 0.0755. The Morgan fingerprint density at radius 2 is 2.04 bits per heavy atom. The van der Waals surface area contributed by atoms with Crippen molar-refractivity contribution in [2.45, 2.75) is 13.0 Å². The van der Waals surface area contributed by atoms with Crippen LogP contribution >= 0.6 is 11.3 Å². The summed E-state index contributed by atoms with van der Waals surface area (Å²) >= 11 is 1.72. The second-order valence-electron chi connectivity index (χ2n) is 6.60. The van der Waals surface area contributed by atoms with Gasteiger partial charge >= 0.3 is 0 Å². The van der Waals surface area contributed by atoms with E-state index in [4.69, 9.17) is 0 Å². The minimum atomic E-state index is -0.0625. The number of hydrogen-bond acceptors (Lipinski definition) is 5. The molecule has 0 aliphatic carbocycles. The number of benzene rings is 1. The van der Waals surface area contributed by atoms with Crippen molar-refractivity contribution in [3.63, 3.8) is 0 Å². The van der Waals surface area contributed by atoms with Gasteiger partial charge in [-0.2, -0.15) is 11.3 Å². The van der Waals surface area contributed by atoms with E-state index in [-0.39, 0.29) is 11.7 Å². The lowest BCUT2D eigenvalue weighted by Crippen LogP contribution is -2.35. The number of nitrogens with zero attached hydrogens (tertiary/aromatic N) is 3. The first-order chi connectivity index (χ1) is 12.7. The van der Waals surface area contributed by atoms with Gasteiger partial charge in [-0.1, -0.05) is 18.2 Å². The molecule has 1 N–H and O–H groups in total. The number of phenols is 1. The van der Waals surface area contributed by atoms with Gasteiger partial charge in [-0.25, -0.2) is 4.98 Å². The quantitative estimate of drug-likeness (QED) is 0.771. The second-order valence-corrected chi connectivity index (χ2v) is 7.38. The number of hydrogen-bond donors (Lipinski definition) is 1. The first kappa shape index (κ1) is 17.0. The van der Waals surface area contributed by atoms with Gasteiger partial charge < -0.3 is 10.0 Å². The fraction of sp³-hybridized carbons (Fsp3) is 0.300. The summed E-state index contributed by atoms with van der Waals surface area (Å²) in [5.74, 6) is 0.0440. The molecule has 1 aromatic carbocycles. The van der Waals surface area contributed by atoms with Crippen LogP contribution < -0.4 is 0 Å². The molecule has 0 bridgehead atoms. The molecule has 3 heterocycles. The van der Waals surface area contributed by atoms with Gasteiger partial charge in [0.2, 0.25) is 0 Å². The van der Waals surface area contributed by atoms with Crippen molar-refractivity contribution in [1.82, 2.24) is 14.8 Å². The minimum absolute atomic E-state index is 0.0625. The highest BCUT2D eigenvalue weighted by Gasteiger charge is 2.21. The largest absolute Gasteiger partial charge is 0.506 e. The number of fused-ring (bicyclic) bond motifs is 1. The minimum Gasteiger partial charge on any atom is -0.506 e. The van der Waals surface area contributed by atoms with E-state index in [1.807, 2.05) is 17.0 Å². The molecule has 0 atom stereocenters. The number of carbonyl (C=O) groups excluding carboxylic acids is 1. The Morgan fingerprint density at radius 1 is 1.12 bits per heavy atom. The van der Waals surface area contributed by atoms with Gasteiger partial charge in [0, 0.05) is 38.1 Å². The van der Waals surface area contributed by atoms with Crippen molar-refractivity contribution < 1.29 is 9.90 Å². The zero-order valence-electron chi connectivity index (χ0n) is 14.5. The lowest BCUT2D eigenvalue weighted by Gasteiger charge is -2.21. The fourth-order valence-corrected chi connectivity index (χ4v) is 4.05. The monoisotopic (exact) mass is 367 g/mol. The van der Waals surface area contributed by atoms with Gasteiger partial charge in [-0.15, -0.1) is 0 Å². The van der Waals surface area contributed by atoms with Crippen molar-refractivity contribution in [2.75, 3.05) is 26.2 Å². The normalized spacial score (nSPS) is 15.9. The maximum Gasteiger partial charge on any atom is 0.272 e. The van der Waals surface area contributed by atoms with E-state index in [9.17, 15) is 9.90 Å². The van der Waals surface area contributed by atoms with E-state index in [0.717, 1.165) is 38.0 Å². The van der Waals surface area contributed by atoms with Crippen LogP contribution in [0.1, 0.15) is 22.5 Å². The highest BCUT2D eigenvalue weighted by molar-refractivity contribution is 7.07. The van der Waals surface area contributed by atoms with Crippen LogP contribution in [0.5, 0.6) is 5.75 Å². The van der Waals surface area contributed by atoms with Crippen LogP contribution in [0, 0.1) is 0 Å². The summed E-state index contributed by atoms with van der Waals surface area (Å²) < 4.78 is 0. The summed E-state index contributed by atoms with van der Waals surface area (Å²) in [6.07, 6.45) is 0.953. The molecule has 0 spiro atoms. The highest BCUT2D eigenvalue weighted by atomic mass is 32.1. The number of rotatable bonds is 3. The number of aromatic hydroxyl groups is 1. The van der Waals surface area contributed by atoms with E-state index < -0.39 is 0 Å². The molecule has 4 rings (SSSR count). The standard InChI is InChI=1S/C20H21N3O2S/c24-18-4-1-3-16-5-6-17(21-19(16)18)20(25)23-9-2-8-22(10-11-23)13-15-7-12-26-14-15/h1,3-7,12,14,24H,2,8-11,13H2. The van der Waals surface area contributed by atoms with Crippen LogP contribution in [0.15, 0.2) is 47.2 Å². The van der Waals surface area contributed by atoms with Gasteiger partial charge in [-0.05, 0) is 40.9 Å². The molecule has 5 nitrogen and oxygen atoms in total. The second kappa shape index (κ2) is 7.43. The van der Waals surface area contributed by atoms with Crippen LogP contribution in [0.2, 0.25) is 0 Å². The molecule has 1 aliphatic heterocycles. The Morgan fingerprint density at radius 3 is 2.88 bits per heavy atom. The SMILES string of the molecule is O=C(c1ccc2cccc(O)c2n1)N1CCCN(Cc2ccsc2)CC1. The molecule has 0 radical (unpaired) electrons. The Kier molecular flexibility index (Phi) is 4.86. The van der Waals surface area contributed by atoms with Gasteiger partial charge in [-0.3, -0.25) is 9.69 Å². The molecule has 26 heavy (non-hydrogen) atoms. The van der Waals surface area contributed by atoms with Crippen molar-refractivity contribution in [3.05, 3.63) is 58.4 Å². The molecule has 1 saturated heterocycles. The molecule has 6 heteroatoms. The number of aromatic nitrogens is 1. The van der Waals surface area contributed by atoms with Gasteiger partial charge in [0.1, 0.15) is 17.0 Å². The first-order valence-electron chi connectivity index (χ1n) is 8.82. The zero-order valence-corrected chi connectivity index (χ0v) is 15.3. The summed E-state index contributed by atoms with van der Waals surface area (Å²) in [6.45, 7) is 4.22. The van der Waals surface area contributed by atoms with Gasteiger partial charge in [0.25, 0.3) is 5.91 Å². The number of amides is 1. The van der Waals surface area contributed by atoms with E-state index in [0.29, 0.717) is 17.8 Å². The molecule has 0 saturated carbocycles. The van der Waals surface area contributed by atoms with E-state index in [1.54, 1.807) is 29.5 Å². The molecule has 3 aromatic rings. The number of pyridine rings is 1. The molecule has 134 valence electrons. The molecule has 1 amide bonds. The zero-order chi connectivity index (χ0) is 17.9. The van der Waals surface area contributed by atoms with Gasteiger partial charge in [0.15, 0.2) is 0 Å². The molecule has 1 fully saturated rings. The maximum absolute atomic E-state index is 12.9. The Balaban J connectivity index is 1.47. The summed E-state index contributed by atoms with van der Waals surface area (Å²) in [4.78, 5) is 21.6. The Labute approximate surface area is 156 Å². The van der Waals surface area contributed by atoms with Crippen molar-refractivity contribution >= 4 is 28.1 Å². The van der Waals surface area contributed by atoms with Crippen LogP contribution in [-0.2, 0) is 6.54 Å². The topological polar surface area (TPSA) is 56.7 Å². The van der Waals surface area contributed by atoms with E-state index in [1.165, 1.54) is 5.56 Å². The van der Waals surface area contributed by atoms with E-state index in [2.05, 4.69) is 26.7 Å². The molecule has 2 aromatic heterocycles. The summed E-state index contributed by atoms with van der Waals surface area (Å²) in [5.41, 5.74) is 2.21. The molecular formula is C20H21N3O2S. The summed E-state index contributed by atoms with van der Waals surface area (Å²) in [6, 6.07) is 11.0. The number of phenolic OH excluding ortho intramolecular Hbond substituents is 1. The third kappa shape index (κ3) is 3.57. The predicted molar refractivity (Wildman–Crippen MR) is 104 cm³/mol. The van der Waals surface area contributed by atoms with Crippen LogP contribution in [0.3, 0.4) is 0 Å². The molecule has 1 aliphatic rings. The number of para-hydroxylation sites is 1. The third-order valence-electron chi connectivity index (χ3n) is 4.78. The number of thiophene rings is 1. The average molecular weight is 367 g/mol. The third-order valence-corrected chi connectivity index (χ3v) is 5.51. The summed E-state index contributed by atoms with van der Waals surface area (Å²) in [5, 5.41) is 15.1. The lowest BCUT2D eigenvalue weighted by atomic mass is 10.2. The summed E-state index contributed by atoms with van der Waals surface area (Å²) in [7, 11) is 0. The van der Waals surface area contributed by atoms with Crippen molar-refractivity contribution in [2.24, 2.45) is 0 Å².